The van der Waals surface area contributed by atoms with Crippen LogP contribution < -0.4 is 10.5 Å². The van der Waals surface area contributed by atoms with Crippen molar-refractivity contribution in [3.63, 3.8) is 0 Å². The summed E-state index contributed by atoms with van der Waals surface area (Å²) in [5.41, 5.74) is 6.49. The van der Waals surface area contributed by atoms with E-state index in [4.69, 9.17) is 22.7 Å². The van der Waals surface area contributed by atoms with Crippen molar-refractivity contribution >= 4 is 17.2 Å². The molecular formula is C16H24N2OS. The van der Waals surface area contributed by atoms with E-state index in [1.807, 2.05) is 12.1 Å². The first-order chi connectivity index (χ1) is 9.49. The average molecular weight is 292 g/mol. The third-order valence-electron chi connectivity index (χ3n) is 4.26. The Morgan fingerprint density at radius 1 is 1.45 bits per heavy atom. The molecule has 1 heterocycles. The maximum atomic E-state index is 6.21. The number of rotatable bonds is 4. The van der Waals surface area contributed by atoms with Gasteiger partial charge in [-0.1, -0.05) is 39.4 Å². The van der Waals surface area contributed by atoms with E-state index in [0.717, 1.165) is 12.0 Å². The normalized spacial score (nSPS) is 26.5. The average Bonchev–Trinajstić information content (AvgIpc) is 2.38. The lowest BCUT2D eigenvalue weighted by Crippen LogP contribution is -2.37. The summed E-state index contributed by atoms with van der Waals surface area (Å²) < 4.78 is 6.21. The Balaban J connectivity index is 2.20. The number of nitrogens with zero attached hydrogens (tertiary/aromatic N) is 1. The first-order valence-electron chi connectivity index (χ1n) is 7.40. The highest BCUT2D eigenvalue weighted by molar-refractivity contribution is 7.80. The smallest absolute Gasteiger partial charge is 0.224 e. The zero-order chi connectivity index (χ0) is 14.7. The summed E-state index contributed by atoms with van der Waals surface area (Å²) in [5, 5.41) is 0. The Labute approximate surface area is 126 Å². The summed E-state index contributed by atoms with van der Waals surface area (Å²) in [6, 6.07) is 3.71. The van der Waals surface area contributed by atoms with Crippen LogP contribution in [0.5, 0.6) is 5.88 Å². The van der Waals surface area contributed by atoms with Crippen molar-refractivity contribution in [3.05, 3.63) is 23.9 Å². The molecule has 0 aliphatic heterocycles. The fraction of sp³-hybridized carbons (Fsp3) is 0.625. The summed E-state index contributed by atoms with van der Waals surface area (Å²) in [6.07, 6.45) is 5.53. The van der Waals surface area contributed by atoms with Crippen LogP contribution in [0.2, 0.25) is 0 Å². The molecule has 3 atom stereocenters. The fourth-order valence-corrected chi connectivity index (χ4v) is 3.22. The first kappa shape index (κ1) is 15.2. The van der Waals surface area contributed by atoms with Crippen molar-refractivity contribution in [2.24, 2.45) is 23.5 Å². The molecule has 1 aliphatic carbocycles. The fourth-order valence-electron chi connectivity index (χ4n) is 3.07. The van der Waals surface area contributed by atoms with Gasteiger partial charge >= 0.3 is 0 Å². The number of aromatic nitrogens is 1. The van der Waals surface area contributed by atoms with Crippen LogP contribution in [0.15, 0.2) is 18.3 Å². The Morgan fingerprint density at radius 2 is 2.20 bits per heavy atom. The van der Waals surface area contributed by atoms with Crippen molar-refractivity contribution in [1.29, 1.82) is 0 Å². The lowest BCUT2D eigenvalue weighted by molar-refractivity contribution is 0.0425. The second-order valence-electron chi connectivity index (χ2n) is 6.20. The minimum Gasteiger partial charge on any atom is -0.474 e. The lowest BCUT2D eigenvalue weighted by Gasteiger charge is -2.37. The number of thiocarbonyl (C=S) groups is 1. The number of hydrogen-bond donors (Lipinski definition) is 1. The molecule has 1 aliphatic rings. The number of hydrogen-bond acceptors (Lipinski definition) is 3. The molecule has 0 spiro atoms. The second kappa shape index (κ2) is 6.53. The summed E-state index contributed by atoms with van der Waals surface area (Å²) >= 11 is 5.08. The Bertz CT molecular complexity index is 475. The first-order valence-corrected chi connectivity index (χ1v) is 7.81. The van der Waals surface area contributed by atoms with Crippen molar-refractivity contribution in [2.75, 3.05) is 0 Å². The molecule has 0 radical (unpaired) electrons. The third kappa shape index (κ3) is 3.48. The van der Waals surface area contributed by atoms with E-state index in [1.165, 1.54) is 12.8 Å². The van der Waals surface area contributed by atoms with Crippen LogP contribution in [0.4, 0.5) is 0 Å². The molecule has 0 bridgehead atoms. The van der Waals surface area contributed by atoms with E-state index >= 15 is 0 Å². The summed E-state index contributed by atoms with van der Waals surface area (Å²) in [7, 11) is 0. The Kier molecular flexibility index (Phi) is 4.97. The molecule has 1 saturated carbocycles. The highest BCUT2D eigenvalue weighted by Gasteiger charge is 2.33. The minimum absolute atomic E-state index is 0.210. The number of ether oxygens (including phenoxy) is 1. The standard InChI is InChI=1S/C16H24N2OS/c1-10(2)12-7-6-11(3)9-14(12)19-16-13(15(17)20)5-4-8-18-16/h4-5,8,10-12,14H,6-7,9H2,1-3H3,(H2,17,20). The predicted octanol–water partition coefficient (Wildman–Crippen LogP) is 3.56. The van der Waals surface area contributed by atoms with Gasteiger partial charge in [0.15, 0.2) is 0 Å². The maximum Gasteiger partial charge on any atom is 0.224 e. The molecule has 0 amide bonds. The van der Waals surface area contributed by atoms with Crippen LogP contribution in [0.3, 0.4) is 0 Å². The van der Waals surface area contributed by atoms with Gasteiger partial charge in [0.25, 0.3) is 0 Å². The van der Waals surface area contributed by atoms with E-state index in [0.29, 0.717) is 28.6 Å². The van der Waals surface area contributed by atoms with Gasteiger partial charge in [-0.3, -0.25) is 0 Å². The third-order valence-corrected chi connectivity index (χ3v) is 4.48. The number of nitrogens with two attached hydrogens (primary N) is 1. The van der Waals surface area contributed by atoms with Gasteiger partial charge in [-0.05, 0) is 42.7 Å². The van der Waals surface area contributed by atoms with Gasteiger partial charge in [0.05, 0.1) is 5.56 Å². The number of pyridine rings is 1. The molecule has 0 saturated heterocycles. The van der Waals surface area contributed by atoms with E-state index in [9.17, 15) is 0 Å². The van der Waals surface area contributed by atoms with Crippen molar-refractivity contribution in [2.45, 2.75) is 46.1 Å². The van der Waals surface area contributed by atoms with Gasteiger partial charge in [-0.2, -0.15) is 0 Å². The molecule has 4 heteroatoms. The van der Waals surface area contributed by atoms with Gasteiger partial charge < -0.3 is 10.5 Å². The zero-order valence-electron chi connectivity index (χ0n) is 12.5. The van der Waals surface area contributed by atoms with Crippen LogP contribution in [0.25, 0.3) is 0 Å². The molecule has 1 aromatic heterocycles. The van der Waals surface area contributed by atoms with Crippen molar-refractivity contribution < 1.29 is 4.74 Å². The van der Waals surface area contributed by atoms with Crippen LogP contribution in [0, 0.1) is 17.8 Å². The predicted molar refractivity (Wildman–Crippen MR) is 85.9 cm³/mol. The van der Waals surface area contributed by atoms with Crippen molar-refractivity contribution in [1.82, 2.24) is 4.98 Å². The molecule has 2 N–H and O–H groups in total. The topological polar surface area (TPSA) is 48.1 Å². The van der Waals surface area contributed by atoms with E-state index in [1.54, 1.807) is 6.20 Å². The second-order valence-corrected chi connectivity index (χ2v) is 6.64. The largest absolute Gasteiger partial charge is 0.474 e. The molecule has 0 aromatic carbocycles. The molecule has 110 valence electrons. The monoisotopic (exact) mass is 292 g/mol. The van der Waals surface area contributed by atoms with E-state index in [2.05, 4.69) is 25.8 Å². The van der Waals surface area contributed by atoms with E-state index < -0.39 is 0 Å². The highest BCUT2D eigenvalue weighted by Crippen LogP contribution is 2.36. The summed E-state index contributed by atoms with van der Waals surface area (Å²) in [4.78, 5) is 4.67. The van der Waals surface area contributed by atoms with Crippen molar-refractivity contribution in [3.8, 4) is 5.88 Å². The van der Waals surface area contributed by atoms with Gasteiger partial charge in [0.2, 0.25) is 5.88 Å². The van der Waals surface area contributed by atoms with Crippen LogP contribution in [0.1, 0.15) is 45.6 Å². The molecule has 20 heavy (non-hydrogen) atoms. The summed E-state index contributed by atoms with van der Waals surface area (Å²) in [6.45, 7) is 6.83. The molecular weight excluding hydrogens is 268 g/mol. The summed E-state index contributed by atoms with van der Waals surface area (Å²) in [5.74, 6) is 2.48. The molecule has 2 rings (SSSR count). The van der Waals surface area contributed by atoms with Gasteiger partial charge in [0.1, 0.15) is 11.1 Å². The minimum atomic E-state index is 0.210. The molecule has 1 fully saturated rings. The Morgan fingerprint density at radius 3 is 2.85 bits per heavy atom. The van der Waals surface area contributed by atoms with Crippen LogP contribution >= 0.6 is 12.2 Å². The van der Waals surface area contributed by atoms with Crippen LogP contribution in [-0.4, -0.2) is 16.1 Å². The van der Waals surface area contributed by atoms with Crippen LogP contribution in [-0.2, 0) is 0 Å². The molecule has 1 aromatic rings. The van der Waals surface area contributed by atoms with Gasteiger partial charge in [0, 0.05) is 6.20 Å². The lowest BCUT2D eigenvalue weighted by atomic mass is 9.75. The Hall–Kier alpha value is -1.16. The quantitative estimate of drug-likeness (QED) is 0.862. The maximum absolute atomic E-state index is 6.21. The SMILES string of the molecule is CC1CCC(C(C)C)C(Oc2ncccc2C(N)=S)C1. The zero-order valence-corrected chi connectivity index (χ0v) is 13.3. The molecule has 3 nitrogen and oxygen atoms in total. The van der Waals surface area contributed by atoms with Gasteiger partial charge in [-0.15, -0.1) is 0 Å². The van der Waals surface area contributed by atoms with E-state index in [-0.39, 0.29) is 6.10 Å². The van der Waals surface area contributed by atoms with Gasteiger partial charge in [-0.25, -0.2) is 4.98 Å². The molecule has 3 unspecified atom stereocenters. The highest BCUT2D eigenvalue weighted by atomic mass is 32.1.